The molecule has 0 fully saturated rings. The summed E-state index contributed by atoms with van der Waals surface area (Å²) in [5, 5.41) is 24.6. The number of nitro groups is 1. The molecule has 152 valence electrons. The molecule has 7 nitrogen and oxygen atoms in total. The quantitative estimate of drug-likeness (QED) is 0.464. The van der Waals surface area contributed by atoms with E-state index in [1.165, 1.54) is 24.6 Å². The number of aliphatic hydroxyl groups is 1. The Morgan fingerprint density at radius 3 is 2.29 bits per heavy atom. The van der Waals surface area contributed by atoms with Crippen molar-refractivity contribution in [3.63, 3.8) is 0 Å². The summed E-state index contributed by atoms with van der Waals surface area (Å²) in [6, 6.07) is 14.7. The molecule has 1 unspecified atom stereocenters. The summed E-state index contributed by atoms with van der Waals surface area (Å²) in [7, 11) is -3.79. The number of hydrogen-bond acceptors (Lipinski definition) is 6. The van der Waals surface area contributed by atoms with Gasteiger partial charge in [-0.15, -0.1) is 0 Å². The molecule has 0 aromatic heterocycles. The van der Waals surface area contributed by atoms with Gasteiger partial charge in [-0.25, -0.2) is 8.42 Å². The Bertz CT molecular complexity index is 881. The first-order valence-electron chi connectivity index (χ1n) is 9.10. The fourth-order valence-electron chi connectivity index (χ4n) is 2.94. The molecule has 2 aromatic carbocycles. The first kappa shape index (κ1) is 22.0. The summed E-state index contributed by atoms with van der Waals surface area (Å²) < 4.78 is 25.2. The van der Waals surface area contributed by atoms with E-state index in [9.17, 15) is 23.6 Å². The van der Waals surface area contributed by atoms with Gasteiger partial charge in [-0.1, -0.05) is 37.3 Å². The molecule has 0 saturated carbocycles. The number of nitrogens with zero attached hydrogens (tertiary/aromatic N) is 1. The highest BCUT2D eigenvalue weighted by Crippen LogP contribution is 2.20. The van der Waals surface area contributed by atoms with Crippen LogP contribution in [0.1, 0.15) is 25.8 Å². The van der Waals surface area contributed by atoms with Gasteiger partial charge in [0.05, 0.1) is 21.2 Å². The molecule has 2 atom stereocenters. The Hall–Kier alpha value is -2.29. The second kappa shape index (κ2) is 9.27. The molecule has 2 aromatic rings. The highest BCUT2D eigenvalue weighted by molar-refractivity contribution is 7.91. The van der Waals surface area contributed by atoms with Crippen molar-refractivity contribution in [1.29, 1.82) is 0 Å². The Kier molecular flexibility index (Phi) is 7.29. The minimum atomic E-state index is -3.79. The molecule has 0 aliphatic carbocycles. The first-order valence-corrected chi connectivity index (χ1v) is 10.7. The summed E-state index contributed by atoms with van der Waals surface area (Å²) in [5.74, 6) is -0.480. The monoisotopic (exact) mass is 406 g/mol. The van der Waals surface area contributed by atoms with Crippen molar-refractivity contribution >= 4 is 15.5 Å². The number of non-ortho nitro benzene ring substituents is 1. The molecule has 0 saturated heterocycles. The van der Waals surface area contributed by atoms with Gasteiger partial charge in [-0.05, 0) is 37.5 Å². The predicted molar refractivity (Wildman–Crippen MR) is 108 cm³/mol. The van der Waals surface area contributed by atoms with Crippen LogP contribution in [0.5, 0.6) is 0 Å². The molecule has 0 bridgehead atoms. The van der Waals surface area contributed by atoms with Crippen molar-refractivity contribution in [1.82, 2.24) is 5.32 Å². The minimum absolute atomic E-state index is 0.0466. The SMILES string of the molecule is CCC(Cc1ccccc1)NC[C@@](C)(O)CS(=O)(=O)c1ccc([N+](=O)[O-])cc1. The molecular formula is C20H26N2O5S. The molecule has 0 radical (unpaired) electrons. The molecule has 0 aliphatic rings. The van der Waals surface area contributed by atoms with Gasteiger partial charge in [0, 0.05) is 24.7 Å². The van der Waals surface area contributed by atoms with Gasteiger partial charge in [-0.3, -0.25) is 10.1 Å². The summed E-state index contributed by atoms with van der Waals surface area (Å²) in [6.07, 6.45) is 1.61. The van der Waals surface area contributed by atoms with Crippen LogP contribution in [0.15, 0.2) is 59.5 Å². The van der Waals surface area contributed by atoms with Crippen LogP contribution in [0.25, 0.3) is 0 Å². The van der Waals surface area contributed by atoms with Gasteiger partial charge in [0.1, 0.15) is 0 Å². The van der Waals surface area contributed by atoms with E-state index in [4.69, 9.17) is 0 Å². The fraction of sp³-hybridized carbons (Fsp3) is 0.400. The molecule has 0 heterocycles. The maximum atomic E-state index is 12.6. The third kappa shape index (κ3) is 6.40. The van der Waals surface area contributed by atoms with Crippen LogP contribution in [0.2, 0.25) is 0 Å². The van der Waals surface area contributed by atoms with Gasteiger partial charge in [-0.2, -0.15) is 0 Å². The van der Waals surface area contributed by atoms with Gasteiger partial charge in [0.25, 0.3) is 5.69 Å². The van der Waals surface area contributed by atoms with Crippen molar-refractivity contribution in [3.8, 4) is 0 Å². The lowest BCUT2D eigenvalue weighted by atomic mass is 10.0. The van der Waals surface area contributed by atoms with E-state index in [0.29, 0.717) is 0 Å². The molecule has 8 heteroatoms. The zero-order valence-electron chi connectivity index (χ0n) is 16.0. The standard InChI is InChI=1S/C20H26N2O5S/c1-3-17(13-16-7-5-4-6-8-16)21-14-20(2,23)15-28(26,27)19-11-9-18(10-12-19)22(24)25/h4-12,17,21,23H,3,13-15H2,1-2H3/t17?,20-/m1/s1. The smallest absolute Gasteiger partial charge is 0.269 e. The lowest BCUT2D eigenvalue weighted by Gasteiger charge is -2.27. The highest BCUT2D eigenvalue weighted by Gasteiger charge is 2.30. The largest absolute Gasteiger partial charge is 0.388 e. The van der Waals surface area contributed by atoms with E-state index < -0.39 is 26.1 Å². The minimum Gasteiger partial charge on any atom is -0.388 e. The summed E-state index contributed by atoms with van der Waals surface area (Å²) in [4.78, 5) is 10.1. The summed E-state index contributed by atoms with van der Waals surface area (Å²) in [5.41, 5.74) is -0.496. The van der Waals surface area contributed by atoms with E-state index in [2.05, 4.69) is 5.32 Å². The summed E-state index contributed by atoms with van der Waals surface area (Å²) >= 11 is 0. The number of nitrogens with one attached hydrogen (secondary N) is 1. The van der Waals surface area contributed by atoms with E-state index >= 15 is 0 Å². The average Bonchev–Trinajstić information content (AvgIpc) is 2.65. The number of nitro benzene ring substituents is 1. The van der Waals surface area contributed by atoms with Gasteiger partial charge in [0.2, 0.25) is 0 Å². The van der Waals surface area contributed by atoms with Crippen LogP contribution in [0.3, 0.4) is 0 Å². The molecule has 0 aliphatic heterocycles. The van der Waals surface area contributed by atoms with Crippen molar-refractivity contribution in [2.24, 2.45) is 0 Å². The second-order valence-corrected chi connectivity index (χ2v) is 9.17. The number of sulfone groups is 1. The molecule has 0 amide bonds. The van der Waals surface area contributed by atoms with Gasteiger partial charge >= 0.3 is 0 Å². The van der Waals surface area contributed by atoms with Crippen LogP contribution < -0.4 is 5.32 Å². The van der Waals surface area contributed by atoms with E-state index in [1.54, 1.807) is 0 Å². The van der Waals surface area contributed by atoms with Gasteiger partial charge < -0.3 is 10.4 Å². The molecular weight excluding hydrogens is 380 g/mol. The predicted octanol–water partition coefficient (Wildman–Crippen LogP) is 2.73. The zero-order chi connectivity index (χ0) is 20.8. The molecule has 0 spiro atoms. The maximum Gasteiger partial charge on any atom is 0.269 e. The Morgan fingerprint density at radius 1 is 1.14 bits per heavy atom. The van der Waals surface area contributed by atoms with Crippen LogP contribution in [0, 0.1) is 10.1 Å². The lowest BCUT2D eigenvalue weighted by Crippen LogP contribution is -2.47. The molecule has 2 rings (SSSR count). The Morgan fingerprint density at radius 2 is 1.75 bits per heavy atom. The highest BCUT2D eigenvalue weighted by atomic mass is 32.2. The third-order valence-corrected chi connectivity index (χ3v) is 6.49. The maximum absolute atomic E-state index is 12.6. The lowest BCUT2D eigenvalue weighted by molar-refractivity contribution is -0.384. The van der Waals surface area contributed by atoms with Crippen molar-refractivity contribution in [2.75, 3.05) is 12.3 Å². The van der Waals surface area contributed by atoms with Crippen molar-refractivity contribution < 1.29 is 18.4 Å². The van der Waals surface area contributed by atoms with Crippen LogP contribution in [0.4, 0.5) is 5.69 Å². The zero-order valence-corrected chi connectivity index (χ0v) is 16.9. The third-order valence-electron chi connectivity index (χ3n) is 4.50. The van der Waals surface area contributed by atoms with Crippen molar-refractivity contribution in [3.05, 3.63) is 70.3 Å². The van der Waals surface area contributed by atoms with Crippen LogP contribution in [-0.4, -0.2) is 42.4 Å². The Labute approximate surface area is 165 Å². The molecule has 2 N–H and O–H groups in total. The number of rotatable bonds is 10. The topological polar surface area (TPSA) is 110 Å². The first-order chi connectivity index (χ1) is 13.1. The average molecular weight is 407 g/mol. The Balaban J connectivity index is 1.99. The fourth-order valence-corrected chi connectivity index (χ4v) is 4.58. The number of benzene rings is 2. The second-order valence-electron chi connectivity index (χ2n) is 7.18. The van der Waals surface area contributed by atoms with E-state index in [0.717, 1.165) is 25.0 Å². The van der Waals surface area contributed by atoms with Crippen LogP contribution >= 0.6 is 0 Å². The van der Waals surface area contributed by atoms with E-state index in [1.807, 2.05) is 37.3 Å². The summed E-state index contributed by atoms with van der Waals surface area (Å²) in [6.45, 7) is 3.62. The van der Waals surface area contributed by atoms with Crippen LogP contribution in [-0.2, 0) is 16.3 Å². The van der Waals surface area contributed by atoms with Gasteiger partial charge in [0.15, 0.2) is 9.84 Å². The number of hydrogen-bond donors (Lipinski definition) is 2. The molecule has 28 heavy (non-hydrogen) atoms. The van der Waals surface area contributed by atoms with E-state index in [-0.39, 0.29) is 23.2 Å². The van der Waals surface area contributed by atoms with Crippen molar-refractivity contribution in [2.45, 2.75) is 43.2 Å². The normalized spacial score (nSPS) is 15.0.